The van der Waals surface area contributed by atoms with Crippen molar-refractivity contribution in [2.24, 2.45) is 0 Å². The summed E-state index contributed by atoms with van der Waals surface area (Å²) in [5.41, 5.74) is 2.02. The minimum absolute atomic E-state index is 0.165. The Bertz CT molecular complexity index is 943. The summed E-state index contributed by atoms with van der Waals surface area (Å²) in [6.45, 7) is 0.397. The third-order valence-corrected chi connectivity index (χ3v) is 5.27. The van der Waals surface area contributed by atoms with Gasteiger partial charge in [-0.1, -0.05) is 53.3 Å². The number of aromatic nitrogens is 1. The van der Waals surface area contributed by atoms with Gasteiger partial charge >= 0.3 is 5.97 Å². The second-order valence-corrected chi connectivity index (χ2v) is 7.81. The van der Waals surface area contributed by atoms with Crippen LogP contribution in [0.5, 0.6) is 0 Å². The number of fused-ring (bicyclic) bond motifs is 1. The van der Waals surface area contributed by atoms with Gasteiger partial charge in [-0.3, -0.25) is 9.59 Å². The molecule has 5 nitrogen and oxygen atoms in total. The molecule has 146 valence electrons. The minimum atomic E-state index is -0.268. The summed E-state index contributed by atoms with van der Waals surface area (Å²) < 4.78 is 6.14. The van der Waals surface area contributed by atoms with Crippen molar-refractivity contribution in [3.63, 3.8) is 0 Å². The molecule has 7 heteroatoms. The molecule has 0 aliphatic rings. The molecule has 0 spiro atoms. The van der Waals surface area contributed by atoms with E-state index in [1.54, 1.807) is 6.07 Å². The smallest absolute Gasteiger partial charge is 0.305 e. The third kappa shape index (κ3) is 6.32. The number of halogens is 1. The fraction of sp³-hybridized carbons (Fsp3) is 0.286. The van der Waals surface area contributed by atoms with Crippen LogP contribution in [0.1, 0.15) is 31.2 Å². The number of thiazole rings is 1. The van der Waals surface area contributed by atoms with E-state index in [0.29, 0.717) is 23.2 Å². The Morgan fingerprint density at radius 1 is 1.07 bits per heavy atom. The number of benzene rings is 2. The molecule has 1 heterocycles. The van der Waals surface area contributed by atoms with Crippen LogP contribution in [0.2, 0.25) is 5.02 Å². The number of hydrogen-bond donors (Lipinski definition) is 1. The lowest BCUT2D eigenvalue weighted by Gasteiger charge is -2.05. The van der Waals surface area contributed by atoms with Crippen LogP contribution >= 0.6 is 22.9 Å². The molecule has 0 atom stereocenters. The number of carbonyl (C=O) groups is 2. The SMILES string of the molecule is O=C(CCCC(=O)OCCCc1ccccc1)Nc1nc2ccc(Cl)cc2s1. The monoisotopic (exact) mass is 416 g/mol. The molecule has 0 saturated heterocycles. The van der Waals surface area contributed by atoms with Gasteiger partial charge in [0.1, 0.15) is 0 Å². The van der Waals surface area contributed by atoms with Crippen molar-refractivity contribution in [1.29, 1.82) is 0 Å². The van der Waals surface area contributed by atoms with E-state index < -0.39 is 0 Å². The molecular weight excluding hydrogens is 396 g/mol. The first-order valence-corrected chi connectivity index (χ1v) is 10.3. The molecule has 1 amide bonds. The number of amides is 1. The highest BCUT2D eigenvalue weighted by Crippen LogP contribution is 2.28. The van der Waals surface area contributed by atoms with Gasteiger partial charge in [-0.15, -0.1) is 0 Å². The fourth-order valence-corrected chi connectivity index (χ4v) is 3.86. The molecule has 0 saturated carbocycles. The summed E-state index contributed by atoms with van der Waals surface area (Å²) in [4.78, 5) is 28.1. The highest BCUT2D eigenvalue weighted by molar-refractivity contribution is 7.22. The maximum atomic E-state index is 12.0. The van der Waals surface area contributed by atoms with Gasteiger partial charge in [0.15, 0.2) is 5.13 Å². The van der Waals surface area contributed by atoms with Crippen LogP contribution in [-0.2, 0) is 20.7 Å². The first-order chi connectivity index (χ1) is 13.6. The summed E-state index contributed by atoms with van der Waals surface area (Å²) in [6, 6.07) is 15.5. The molecule has 0 aliphatic carbocycles. The van der Waals surface area contributed by atoms with E-state index in [9.17, 15) is 9.59 Å². The molecule has 2 aromatic carbocycles. The van der Waals surface area contributed by atoms with Gasteiger partial charge in [-0.2, -0.15) is 0 Å². The van der Waals surface area contributed by atoms with Crippen molar-refractivity contribution >= 4 is 50.2 Å². The van der Waals surface area contributed by atoms with E-state index in [1.165, 1.54) is 16.9 Å². The van der Waals surface area contributed by atoms with E-state index in [1.807, 2.05) is 30.3 Å². The van der Waals surface area contributed by atoms with E-state index in [-0.39, 0.29) is 24.7 Å². The van der Waals surface area contributed by atoms with Crippen molar-refractivity contribution in [3.8, 4) is 0 Å². The normalized spacial score (nSPS) is 10.8. The van der Waals surface area contributed by atoms with Gasteiger partial charge < -0.3 is 10.1 Å². The van der Waals surface area contributed by atoms with Crippen molar-refractivity contribution in [3.05, 3.63) is 59.1 Å². The van der Waals surface area contributed by atoms with Crippen molar-refractivity contribution < 1.29 is 14.3 Å². The van der Waals surface area contributed by atoms with Crippen LogP contribution in [0.15, 0.2) is 48.5 Å². The summed E-state index contributed by atoms with van der Waals surface area (Å²) in [5, 5.41) is 3.94. The average molecular weight is 417 g/mol. The summed E-state index contributed by atoms with van der Waals surface area (Å²) in [5.74, 6) is -0.433. The molecule has 28 heavy (non-hydrogen) atoms. The molecule has 3 aromatic rings. The lowest BCUT2D eigenvalue weighted by atomic mass is 10.1. The van der Waals surface area contributed by atoms with E-state index in [4.69, 9.17) is 16.3 Å². The molecule has 0 aliphatic heterocycles. The van der Waals surface area contributed by atoms with E-state index >= 15 is 0 Å². The minimum Gasteiger partial charge on any atom is -0.466 e. The second-order valence-electron chi connectivity index (χ2n) is 6.34. The molecule has 1 N–H and O–H groups in total. The highest BCUT2D eigenvalue weighted by atomic mass is 35.5. The lowest BCUT2D eigenvalue weighted by molar-refractivity contribution is -0.143. The van der Waals surface area contributed by atoms with Gasteiger partial charge in [-0.05, 0) is 43.0 Å². The predicted octanol–water partition coefficient (Wildman–Crippen LogP) is 5.23. The molecular formula is C21H21ClN2O3S. The Labute approximate surface area is 172 Å². The van der Waals surface area contributed by atoms with Crippen molar-refractivity contribution in [1.82, 2.24) is 4.98 Å². The van der Waals surface area contributed by atoms with Crippen LogP contribution in [-0.4, -0.2) is 23.5 Å². The Morgan fingerprint density at radius 2 is 1.89 bits per heavy atom. The van der Waals surface area contributed by atoms with Gasteiger partial charge in [0, 0.05) is 17.9 Å². The zero-order valence-electron chi connectivity index (χ0n) is 15.3. The van der Waals surface area contributed by atoms with Crippen LogP contribution in [0.3, 0.4) is 0 Å². The quantitative estimate of drug-likeness (QED) is 0.383. The van der Waals surface area contributed by atoms with Crippen LogP contribution in [0.4, 0.5) is 5.13 Å². The first-order valence-electron chi connectivity index (χ1n) is 9.15. The first kappa shape index (κ1) is 20.3. The highest BCUT2D eigenvalue weighted by Gasteiger charge is 2.10. The van der Waals surface area contributed by atoms with Gasteiger partial charge in [0.05, 0.1) is 16.8 Å². The van der Waals surface area contributed by atoms with Gasteiger partial charge in [-0.25, -0.2) is 4.98 Å². The molecule has 0 fully saturated rings. The number of hydrogen-bond acceptors (Lipinski definition) is 5. The Hall–Kier alpha value is -2.44. The maximum absolute atomic E-state index is 12.0. The van der Waals surface area contributed by atoms with E-state index in [0.717, 1.165) is 23.1 Å². The number of rotatable bonds is 9. The average Bonchev–Trinajstić information content (AvgIpc) is 3.07. The lowest BCUT2D eigenvalue weighted by Crippen LogP contribution is -2.12. The maximum Gasteiger partial charge on any atom is 0.305 e. The predicted molar refractivity (Wildman–Crippen MR) is 113 cm³/mol. The summed E-state index contributed by atoms with van der Waals surface area (Å²) >= 11 is 7.33. The number of nitrogens with zero attached hydrogens (tertiary/aromatic N) is 1. The number of anilines is 1. The number of aryl methyl sites for hydroxylation is 1. The summed E-state index contributed by atoms with van der Waals surface area (Å²) in [6.07, 6.45) is 2.59. The number of esters is 1. The number of ether oxygens (including phenoxy) is 1. The second kappa shape index (κ2) is 10.2. The Morgan fingerprint density at radius 3 is 2.71 bits per heavy atom. The third-order valence-electron chi connectivity index (χ3n) is 4.10. The molecule has 0 radical (unpaired) electrons. The van der Waals surface area contributed by atoms with E-state index in [2.05, 4.69) is 22.4 Å². The summed E-state index contributed by atoms with van der Waals surface area (Å²) in [7, 11) is 0. The Balaban J connectivity index is 1.31. The van der Waals surface area contributed by atoms with Crippen LogP contribution < -0.4 is 5.32 Å². The molecule has 3 rings (SSSR count). The van der Waals surface area contributed by atoms with Crippen molar-refractivity contribution in [2.45, 2.75) is 32.1 Å². The molecule has 1 aromatic heterocycles. The Kier molecular flexibility index (Phi) is 7.39. The number of carbonyl (C=O) groups excluding carboxylic acids is 2. The largest absolute Gasteiger partial charge is 0.466 e. The number of nitrogens with one attached hydrogen (secondary N) is 1. The zero-order valence-corrected chi connectivity index (χ0v) is 16.9. The molecule has 0 unspecified atom stereocenters. The fourth-order valence-electron chi connectivity index (χ4n) is 2.71. The standard InChI is InChI=1S/C21H21ClN2O3S/c22-16-11-12-17-18(14-16)28-21(23-17)24-19(25)9-4-10-20(26)27-13-5-8-15-6-2-1-3-7-15/h1-3,6-7,11-12,14H,4-5,8-10,13H2,(H,23,24,25). The van der Waals surface area contributed by atoms with Gasteiger partial charge in [0.25, 0.3) is 0 Å². The van der Waals surface area contributed by atoms with Crippen molar-refractivity contribution in [2.75, 3.05) is 11.9 Å². The topological polar surface area (TPSA) is 68.3 Å². The van der Waals surface area contributed by atoms with Crippen LogP contribution in [0.25, 0.3) is 10.2 Å². The van der Waals surface area contributed by atoms with Gasteiger partial charge in [0.2, 0.25) is 5.91 Å². The molecule has 0 bridgehead atoms. The van der Waals surface area contributed by atoms with Crippen LogP contribution in [0, 0.1) is 0 Å². The zero-order chi connectivity index (χ0) is 19.8.